The molecule has 2 aromatic carbocycles. The predicted molar refractivity (Wildman–Crippen MR) is 86.5 cm³/mol. The summed E-state index contributed by atoms with van der Waals surface area (Å²) in [7, 11) is 0. The van der Waals surface area contributed by atoms with Crippen LogP contribution in [0, 0.1) is 0 Å². The van der Waals surface area contributed by atoms with Crippen molar-refractivity contribution in [3.8, 4) is 0 Å². The number of rotatable bonds is 2. The van der Waals surface area contributed by atoms with Gasteiger partial charge in [0.2, 0.25) is 0 Å². The van der Waals surface area contributed by atoms with Gasteiger partial charge >= 0.3 is 0 Å². The molecule has 0 fully saturated rings. The number of fused-ring (bicyclic) bond motifs is 3. The molecule has 0 spiro atoms. The second-order valence-corrected chi connectivity index (χ2v) is 5.63. The Morgan fingerprint density at radius 2 is 1.86 bits per heavy atom. The third kappa shape index (κ3) is 1.87. The van der Waals surface area contributed by atoms with E-state index in [4.69, 9.17) is 4.42 Å². The van der Waals surface area contributed by atoms with Crippen molar-refractivity contribution in [2.24, 2.45) is 5.10 Å². The Bertz CT molecular complexity index is 834. The molecule has 1 aliphatic heterocycles. The highest BCUT2D eigenvalue weighted by Gasteiger charge is 2.21. The number of furan rings is 1. The first kappa shape index (κ1) is 12.3. The Morgan fingerprint density at radius 3 is 2.67 bits per heavy atom. The molecular formula is C17H17N3O. The van der Waals surface area contributed by atoms with Crippen molar-refractivity contribution in [1.82, 2.24) is 4.90 Å². The van der Waals surface area contributed by atoms with Gasteiger partial charge in [0.1, 0.15) is 24.2 Å². The zero-order chi connectivity index (χ0) is 14.4. The third-order valence-electron chi connectivity index (χ3n) is 3.96. The summed E-state index contributed by atoms with van der Waals surface area (Å²) in [6, 6.07) is 14.7. The molecule has 1 aromatic heterocycles. The van der Waals surface area contributed by atoms with Crippen LogP contribution in [-0.2, 0) is 0 Å². The van der Waals surface area contributed by atoms with Gasteiger partial charge in [0.15, 0.2) is 0 Å². The van der Waals surface area contributed by atoms with Crippen molar-refractivity contribution < 1.29 is 4.42 Å². The van der Waals surface area contributed by atoms with Crippen LogP contribution in [0.2, 0.25) is 0 Å². The molecule has 2 heterocycles. The zero-order valence-electron chi connectivity index (χ0n) is 12.2. The first-order chi connectivity index (χ1) is 10.2. The van der Waals surface area contributed by atoms with Gasteiger partial charge in [0.25, 0.3) is 0 Å². The molecule has 0 atom stereocenters. The second kappa shape index (κ2) is 4.52. The fourth-order valence-electron chi connectivity index (χ4n) is 2.76. The minimum atomic E-state index is 0.444. The standard InChI is InChI=1S/C17H17N3O/c1-12(2)19-10-18-20(11-19)14-7-5-9-16-17(14)13-6-3-4-8-15(13)21-16/h3-10,12H,11H2,1-2H3. The normalized spacial score (nSPS) is 15.0. The molecule has 0 N–H and O–H groups in total. The van der Waals surface area contributed by atoms with Crippen molar-refractivity contribution in [3.05, 3.63) is 42.5 Å². The molecule has 0 radical (unpaired) electrons. The summed E-state index contributed by atoms with van der Waals surface area (Å²) in [4.78, 5) is 2.21. The SMILES string of the molecule is CC(C)N1C=NN(c2cccc3oc4ccccc4c23)C1. The maximum atomic E-state index is 5.93. The summed E-state index contributed by atoms with van der Waals surface area (Å²) in [5.74, 6) is 0. The van der Waals surface area contributed by atoms with Gasteiger partial charge in [-0.1, -0.05) is 24.3 Å². The fraction of sp³-hybridized carbons (Fsp3) is 0.235. The van der Waals surface area contributed by atoms with Crippen molar-refractivity contribution in [3.63, 3.8) is 0 Å². The summed E-state index contributed by atoms with van der Waals surface area (Å²) in [5.41, 5.74) is 2.92. The summed E-state index contributed by atoms with van der Waals surface area (Å²) >= 11 is 0. The minimum Gasteiger partial charge on any atom is -0.456 e. The monoisotopic (exact) mass is 279 g/mol. The Labute approximate surface area is 123 Å². The topological polar surface area (TPSA) is 32.0 Å². The molecule has 0 amide bonds. The van der Waals surface area contributed by atoms with Gasteiger partial charge < -0.3 is 9.32 Å². The van der Waals surface area contributed by atoms with Crippen LogP contribution in [0.4, 0.5) is 5.69 Å². The second-order valence-electron chi connectivity index (χ2n) is 5.63. The van der Waals surface area contributed by atoms with Crippen LogP contribution in [0.1, 0.15) is 13.8 Å². The van der Waals surface area contributed by atoms with Crippen LogP contribution < -0.4 is 5.01 Å². The number of hydrogen-bond acceptors (Lipinski definition) is 4. The van der Waals surface area contributed by atoms with Crippen LogP contribution in [0.15, 0.2) is 52.0 Å². The van der Waals surface area contributed by atoms with E-state index in [2.05, 4.69) is 36.0 Å². The lowest BCUT2D eigenvalue weighted by atomic mass is 10.1. The van der Waals surface area contributed by atoms with Gasteiger partial charge in [-0.15, -0.1) is 0 Å². The summed E-state index contributed by atoms with van der Waals surface area (Å²) in [5, 5.41) is 8.84. The summed E-state index contributed by atoms with van der Waals surface area (Å²) in [6.07, 6.45) is 1.91. The van der Waals surface area contributed by atoms with E-state index in [1.54, 1.807) is 0 Å². The minimum absolute atomic E-state index is 0.444. The maximum Gasteiger partial charge on any atom is 0.137 e. The molecule has 0 unspecified atom stereocenters. The Balaban J connectivity index is 1.88. The molecule has 1 aliphatic rings. The van der Waals surface area contributed by atoms with Gasteiger partial charge in [-0.05, 0) is 32.0 Å². The number of hydrogen-bond donors (Lipinski definition) is 0. The molecule has 4 nitrogen and oxygen atoms in total. The predicted octanol–water partition coefficient (Wildman–Crippen LogP) is 4.02. The van der Waals surface area contributed by atoms with E-state index >= 15 is 0 Å². The van der Waals surface area contributed by atoms with Gasteiger partial charge in [-0.3, -0.25) is 0 Å². The van der Waals surface area contributed by atoms with E-state index in [-0.39, 0.29) is 0 Å². The van der Waals surface area contributed by atoms with E-state index in [0.717, 1.165) is 34.3 Å². The van der Waals surface area contributed by atoms with Crippen molar-refractivity contribution in [2.75, 3.05) is 11.7 Å². The van der Waals surface area contributed by atoms with E-state index < -0.39 is 0 Å². The third-order valence-corrected chi connectivity index (χ3v) is 3.96. The van der Waals surface area contributed by atoms with Crippen molar-refractivity contribution >= 4 is 34.0 Å². The number of para-hydroxylation sites is 1. The van der Waals surface area contributed by atoms with Crippen LogP contribution in [-0.4, -0.2) is 23.9 Å². The molecule has 0 bridgehead atoms. The lowest BCUT2D eigenvalue weighted by Gasteiger charge is -2.22. The highest BCUT2D eigenvalue weighted by Crippen LogP contribution is 2.36. The van der Waals surface area contributed by atoms with Crippen molar-refractivity contribution in [1.29, 1.82) is 0 Å². The maximum absolute atomic E-state index is 5.93. The average molecular weight is 279 g/mol. The lowest BCUT2D eigenvalue weighted by Crippen LogP contribution is -2.32. The number of nitrogens with zero attached hydrogens (tertiary/aromatic N) is 3. The molecular weight excluding hydrogens is 262 g/mol. The first-order valence-electron chi connectivity index (χ1n) is 7.21. The first-order valence-corrected chi connectivity index (χ1v) is 7.21. The van der Waals surface area contributed by atoms with Gasteiger partial charge in [0.05, 0.1) is 11.1 Å². The molecule has 0 aliphatic carbocycles. The number of anilines is 1. The fourth-order valence-corrected chi connectivity index (χ4v) is 2.76. The Kier molecular flexibility index (Phi) is 2.64. The van der Waals surface area contributed by atoms with E-state index in [9.17, 15) is 0 Å². The molecule has 4 rings (SSSR count). The molecule has 3 aromatic rings. The summed E-state index contributed by atoms with van der Waals surface area (Å²) < 4.78 is 5.93. The molecule has 106 valence electrons. The van der Waals surface area contributed by atoms with Gasteiger partial charge in [-0.2, -0.15) is 5.10 Å². The van der Waals surface area contributed by atoms with Gasteiger partial charge in [-0.25, -0.2) is 5.01 Å². The van der Waals surface area contributed by atoms with Crippen LogP contribution >= 0.6 is 0 Å². The van der Waals surface area contributed by atoms with Crippen LogP contribution in [0.3, 0.4) is 0 Å². The van der Waals surface area contributed by atoms with Gasteiger partial charge in [0, 0.05) is 11.4 Å². The van der Waals surface area contributed by atoms with E-state index in [1.165, 1.54) is 0 Å². The Morgan fingerprint density at radius 1 is 1.05 bits per heavy atom. The molecule has 21 heavy (non-hydrogen) atoms. The van der Waals surface area contributed by atoms with E-state index in [0.29, 0.717) is 6.04 Å². The highest BCUT2D eigenvalue weighted by atomic mass is 16.3. The lowest BCUT2D eigenvalue weighted by molar-refractivity contribution is 0.382. The summed E-state index contributed by atoms with van der Waals surface area (Å²) in [6.45, 7) is 5.11. The van der Waals surface area contributed by atoms with Crippen LogP contribution in [0.25, 0.3) is 21.9 Å². The highest BCUT2D eigenvalue weighted by molar-refractivity contribution is 6.11. The average Bonchev–Trinajstić information content (AvgIpc) is 3.11. The molecule has 0 saturated heterocycles. The van der Waals surface area contributed by atoms with E-state index in [1.807, 2.05) is 41.7 Å². The number of benzene rings is 2. The largest absolute Gasteiger partial charge is 0.456 e. The molecule has 0 saturated carbocycles. The quantitative estimate of drug-likeness (QED) is 0.710. The smallest absolute Gasteiger partial charge is 0.137 e. The number of hydrazone groups is 1. The van der Waals surface area contributed by atoms with Crippen LogP contribution in [0.5, 0.6) is 0 Å². The molecule has 4 heteroatoms. The van der Waals surface area contributed by atoms with Crippen molar-refractivity contribution in [2.45, 2.75) is 19.9 Å². The Hall–Kier alpha value is -2.49. The zero-order valence-corrected chi connectivity index (χ0v) is 12.2.